The van der Waals surface area contributed by atoms with E-state index < -0.39 is 0 Å². The number of piperazine rings is 1. The average Bonchev–Trinajstić information content (AvgIpc) is 2.48. The molecule has 1 fully saturated rings. The van der Waals surface area contributed by atoms with Crippen LogP contribution in [0.15, 0.2) is 24.3 Å². The van der Waals surface area contributed by atoms with Crippen LogP contribution >= 0.6 is 0 Å². The molecule has 21 heavy (non-hydrogen) atoms. The van der Waals surface area contributed by atoms with Crippen LogP contribution in [0.2, 0.25) is 0 Å². The highest BCUT2D eigenvalue weighted by Gasteiger charge is 2.20. The van der Waals surface area contributed by atoms with E-state index >= 15 is 0 Å². The predicted molar refractivity (Wildman–Crippen MR) is 87.4 cm³/mol. The summed E-state index contributed by atoms with van der Waals surface area (Å²) in [7, 11) is 0. The Hall–Kier alpha value is -1.75. The van der Waals surface area contributed by atoms with Gasteiger partial charge in [0.2, 0.25) is 5.91 Å². The standard InChI is InChI=1S/C16H26N4O/c1-3-13(2)18-16(21)12-19-8-10-20(11-9-19)15-7-5-4-6-14(15)17/h4-7,13H,3,8-12,17H2,1-2H3,(H,18,21). The number of hydrogen-bond donors (Lipinski definition) is 2. The third kappa shape index (κ3) is 4.36. The van der Waals surface area contributed by atoms with Crippen LogP contribution in [-0.2, 0) is 4.79 Å². The van der Waals surface area contributed by atoms with Gasteiger partial charge in [-0.3, -0.25) is 9.69 Å². The fourth-order valence-corrected chi connectivity index (χ4v) is 2.55. The van der Waals surface area contributed by atoms with Crippen LogP contribution in [0, 0.1) is 0 Å². The quantitative estimate of drug-likeness (QED) is 0.803. The smallest absolute Gasteiger partial charge is 0.234 e. The Kier molecular flexibility index (Phi) is 5.44. The Labute approximate surface area is 127 Å². The third-order valence-electron chi connectivity index (χ3n) is 4.04. The van der Waals surface area contributed by atoms with Gasteiger partial charge in [-0.2, -0.15) is 0 Å². The van der Waals surface area contributed by atoms with Crippen LogP contribution in [-0.4, -0.2) is 49.6 Å². The molecule has 116 valence electrons. The number of anilines is 2. The summed E-state index contributed by atoms with van der Waals surface area (Å²) in [6.45, 7) is 8.20. The Bertz CT molecular complexity index is 469. The molecule has 5 heteroatoms. The molecule has 0 aromatic heterocycles. The highest BCUT2D eigenvalue weighted by molar-refractivity contribution is 5.78. The van der Waals surface area contributed by atoms with E-state index in [4.69, 9.17) is 5.73 Å². The Morgan fingerprint density at radius 1 is 1.29 bits per heavy atom. The van der Waals surface area contributed by atoms with Crippen molar-refractivity contribution >= 4 is 17.3 Å². The second-order valence-electron chi connectivity index (χ2n) is 5.70. The Morgan fingerprint density at radius 3 is 2.57 bits per heavy atom. The van der Waals surface area contributed by atoms with Gasteiger partial charge in [0, 0.05) is 32.2 Å². The minimum Gasteiger partial charge on any atom is -0.397 e. The van der Waals surface area contributed by atoms with Gasteiger partial charge in [0.05, 0.1) is 17.9 Å². The van der Waals surface area contributed by atoms with E-state index in [9.17, 15) is 4.79 Å². The van der Waals surface area contributed by atoms with Gasteiger partial charge in [-0.15, -0.1) is 0 Å². The van der Waals surface area contributed by atoms with E-state index in [0.717, 1.165) is 44.0 Å². The van der Waals surface area contributed by atoms with Crippen LogP contribution in [0.3, 0.4) is 0 Å². The Morgan fingerprint density at radius 2 is 1.95 bits per heavy atom. The molecule has 0 spiro atoms. The van der Waals surface area contributed by atoms with E-state index in [1.54, 1.807) is 0 Å². The lowest BCUT2D eigenvalue weighted by atomic mass is 10.2. The maximum Gasteiger partial charge on any atom is 0.234 e. The first kappa shape index (κ1) is 15.6. The number of nitrogens with one attached hydrogen (secondary N) is 1. The van der Waals surface area contributed by atoms with Crippen molar-refractivity contribution < 1.29 is 4.79 Å². The number of carbonyl (C=O) groups excluding carboxylic acids is 1. The topological polar surface area (TPSA) is 61.6 Å². The summed E-state index contributed by atoms with van der Waals surface area (Å²) in [6, 6.07) is 8.20. The molecule has 1 saturated heterocycles. The lowest BCUT2D eigenvalue weighted by Gasteiger charge is -2.36. The minimum atomic E-state index is 0.122. The first-order valence-electron chi connectivity index (χ1n) is 7.71. The molecule has 3 N–H and O–H groups in total. The van der Waals surface area contributed by atoms with Gasteiger partial charge in [-0.25, -0.2) is 0 Å². The van der Waals surface area contributed by atoms with Crippen LogP contribution < -0.4 is 16.0 Å². The zero-order valence-corrected chi connectivity index (χ0v) is 13.0. The second kappa shape index (κ2) is 7.31. The van der Waals surface area contributed by atoms with Gasteiger partial charge in [0.15, 0.2) is 0 Å². The fourth-order valence-electron chi connectivity index (χ4n) is 2.55. The van der Waals surface area contributed by atoms with E-state index in [1.165, 1.54) is 0 Å². The predicted octanol–water partition coefficient (Wildman–Crippen LogP) is 1.31. The minimum absolute atomic E-state index is 0.122. The van der Waals surface area contributed by atoms with Crippen LogP contribution in [0.4, 0.5) is 11.4 Å². The monoisotopic (exact) mass is 290 g/mol. The van der Waals surface area contributed by atoms with Crippen molar-refractivity contribution in [2.24, 2.45) is 0 Å². The Balaban J connectivity index is 1.81. The summed E-state index contributed by atoms with van der Waals surface area (Å²) >= 11 is 0. The SMILES string of the molecule is CCC(C)NC(=O)CN1CCN(c2ccccc2N)CC1. The molecule has 0 aliphatic carbocycles. The van der Waals surface area contributed by atoms with Crippen molar-refractivity contribution in [3.05, 3.63) is 24.3 Å². The first-order chi connectivity index (χ1) is 10.1. The number of nitrogens with two attached hydrogens (primary N) is 1. The fraction of sp³-hybridized carbons (Fsp3) is 0.562. The molecule has 0 saturated carbocycles. The molecule has 1 aliphatic heterocycles. The zero-order chi connectivity index (χ0) is 15.2. The summed E-state index contributed by atoms with van der Waals surface area (Å²) in [4.78, 5) is 16.4. The van der Waals surface area contributed by atoms with Crippen LogP contribution in [0.5, 0.6) is 0 Å². The first-order valence-corrected chi connectivity index (χ1v) is 7.71. The number of benzene rings is 1. The van der Waals surface area contributed by atoms with E-state index in [0.29, 0.717) is 6.54 Å². The number of nitrogens with zero attached hydrogens (tertiary/aromatic N) is 2. The molecule has 1 aromatic carbocycles. The molecule has 1 atom stereocenters. The van der Waals surface area contributed by atoms with Crippen molar-refractivity contribution in [2.75, 3.05) is 43.4 Å². The molecule has 5 nitrogen and oxygen atoms in total. The van der Waals surface area contributed by atoms with E-state index in [2.05, 4.69) is 28.1 Å². The molecule has 0 bridgehead atoms. The van der Waals surface area contributed by atoms with Crippen molar-refractivity contribution in [2.45, 2.75) is 26.3 Å². The van der Waals surface area contributed by atoms with Gasteiger partial charge in [0.1, 0.15) is 0 Å². The lowest BCUT2D eigenvalue weighted by molar-refractivity contribution is -0.122. The van der Waals surface area contributed by atoms with Gasteiger partial charge >= 0.3 is 0 Å². The highest BCUT2D eigenvalue weighted by Crippen LogP contribution is 2.23. The number of amides is 1. The summed E-state index contributed by atoms with van der Waals surface area (Å²) in [5, 5.41) is 3.01. The molecular formula is C16H26N4O. The van der Waals surface area contributed by atoms with Gasteiger partial charge < -0.3 is 16.0 Å². The summed E-state index contributed by atoms with van der Waals surface area (Å²) in [5.74, 6) is 0.122. The van der Waals surface area contributed by atoms with E-state index in [1.807, 2.05) is 25.1 Å². The molecule has 0 radical (unpaired) electrons. The number of hydrogen-bond acceptors (Lipinski definition) is 4. The number of carbonyl (C=O) groups is 1. The number of nitrogen functional groups attached to an aromatic ring is 1. The summed E-state index contributed by atoms with van der Waals surface area (Å²) < 4.78 is 0. The van der Waals surface area contributed by atoms with Gasteiger partial charge in [-0.1, -0.05) is 19.1 Å². The molecule has 1 heterocycles. The molecular weight excluding hydrogens is 264 g/mol. The van der Waals surface area contributed by atoms with Crippen molar-refractivity contribution in [3.8, 4) is 0 Å². The molecule has 2 rings (SSSR count). The van der Waals surface area contributed by atoms with Crippen LogP contribution in [0.25, 0.3) is 0 Å². The molecule has 1 unspecified atom stereocenters. The summed E-state index contributed by atoms with van der Waals surface area (Å²) in [6.07, 6.45) is 0.965. The zero-order valence-electron chi connectivity index (χ0n) is 13.0. The molecule has 1 amide bonds. The largest absolute Gasteiger partial charge is 0.397 e. The molecule has 1 aliphatic rings. The number of rotatable bonds is 5. The second-order valence-corrected chi connectivity index (χ2v) is 5.70. The molecule has 1 aromatic rings. The lowest BCUT2D eigenvalue weighted by Crippen LogP contribution is -2.50. The average molecular weight is 290 g/mol. The van der Waals surface area contributed by atoms with Crippen LogP contribution in [0.1, 0.15) is 20.3 Å². The third-order valence-corrected chi connectivity index (χ3v) is 4.04. The highest BCUT2D eigenvalue weighted by atomic mass is 16.2. The van der Waals surface area contributed by atoms with Crippen molar-refractivity contribution in [3.63, 3.8) is 0 Å². The van der Waals surface area contributed by atoms with Gasteiger partial charge in [0.25, 0.3) is 0 Å². The van der Waals surface area contributed by atoms with Crippen molar-refractivity contribution in [1.82, 2.24) is 10.2 Å². The van der Waals surface area contributed by atoms with Gasteiger partial charge in [-0.05, 0) is 25.5 Å². The maximum absolute atomic E-state index is 11.9. The normalized spacial score (nSPS) is 17.5. The number of para-hydroxylation sites is 2. The maximum atomic E-state index is 11.9. The van der Waals surface area contributed by atoms with Crippen molar-refractivity contribution in [1.29, 1.82) is 0 Å². The van der Waals surface area contributed by atoms with E-state index in [-0.39, 0.29) is 11.9 Å². The summed E-state index contributed by atoms with van der Waals surface area (Å²) in [5.41, 5.74) is 7.94.